The maximum Gasteiger partial charge on any atom is 0.234 e. The number of methoxy groups -OCH3 is 2. The molecule has 1 aromatic heterocycles. The third-order valence-electron chi connectivity index (χ3n) is 3.30. The van der Waals surface area contributed by atoms with E-state index in [9.17, 15) is 4.79 Å². The fourth-order valence-electron chi connectivity index (χ4n) is 2.40. The van der Waals surface area contributed by atoms with Gasteiger partial charge in [-0.15, -0.1) is 23.1 Å². The molecule has 0 saturated carbocycles. The molecule has 3 rings (SSSR count). The fraction of sp³-hybridized carbons (Fsp3) is 0.267. The summed E-state index contributed by atoms with van der Waals surface area (Å²) in [6.45, 7) is 0. The molecule has 0 radical (unpaired) electrons. The van der Waals surface area contributed by atoms with Crippen LogP contribution in [0.15, 0.2) is 29.6 Å². The van der Waals surface area contributed by atoms with Crippen LogP contribution in [0, 0.1) is 0 Å². The Morgan fingerprint density at radius 2 is 2.10 bits per heavy atom. The molecule has 0 unspecified atom stereocenters. The first-order valence-electron chi connectivity index (χ1n) is 6.44. The van der Waals surface area contributed by atoms with Crippen molar-refractivity contribution >= 4 is 34.7 Å². The molecule has 110 valence electrons. The number of anilines is 1. The van der Waals surface area contributed by atoms with Gasteiger partial charge in [0.15, 0.2) is 11.5 Å². The molecule has 0 fully saturated rings. The van der Waals surface area contributed by atoms with Crippen molar-refractivity contribution in [3.63, 3.8) is 0 Å². The molecule has 0 saturated heterocycles. The summed E-state index contributed by atoms with van der Waals surface area (Å²) < 4.78 is 10.9. The van der Waals surface area contributed by atoms with Crippen LogP contribution < -0.4 is 14.8 Å². The van der Waals surface area contributed by atoms with Gasteiger partial charge < -0.3 is 14.8 Å². The van der Waals surface area contributed by atoms with Gasteiger partial charge in [-0.1, -0.05) is 12.1 Å². The zero-order valence-corrected chi connectivity index (χ0v) is 13.3. The average molecular weight is 321 g/mol. The SMILES string of the molecule is COc1cccc([C@H]2SCC(=O)Nc3ccsc32)c1OC. The largest absolute Gasteiger partial charge is 0.493 e. The zero-order chi connectivity index (χ0) is 14.8. The standard InChI is InChI=1S/C15H15NO3S2/c1-18-11-5-3-4-9(13(11)19-2)14-15-10(6-7-20-15)16-12(17)8-21-14/h3-7,14H,8H2,1-2H3,(H,16,17)/t14-/m1/s1. The van der Waals surface area contributed by atoms with Gasteiger partial charge in [0.05, 0.1) is 30.9 Å². The predicted molar refractivity (Wildman–Crippen MR) is 86.8 cm³/mol. The van der Waals surface area contributed by atoms with Crippen LogP contribution in [0.1, 0.15) is 15.7 Å². The highest BCUT2D eigenvalue weighted by Crippen LogP contribution is 2.48. The Bertz CT molecular complexity index is 669. The van der Waals surface area contributed by atoms with E-state index < -0.39 is 0 Å². The number of nitrogens with one attached hydrogen (secondary N) is 1. The highest BCUT2D eigenvalue weighted by molar-refractivity contribution is 8.00. The molecule has 1 aromatic carbocycles. The Labute approximate surface area is 131 Å². The summed E-state index contributed by atoms with van der Waals surface area (Å²) in [4.78, 5) is 13.0. The lowest BCUT2D eigenvalue weighted by Crippen LogP contribution is -2.11. The molecule has 1 amide bonds. The Morgan fingerprint density at radius 1 is 1.24 bits per heavy atom. The Balaban J connectivity index is 2.11. The van der Waals surface area contributed by atoms with E-state index in [0.717, 1.165) is 21.9 Å². The number of carbonyl (C=O) groups excluding carboxylic acids is 1. The Kier molecular flexibility index (Phi) is 4.07. The minimum absolute atomic E-state index is 0.0315. The number of carbonyl (C=O) groups is 1. The topological polar surface area (TPSA) is 47.6 Å². The van der Waals surface area contributed by atoms with Crippen molar-refractivity contribution in [2.24, 2.45) is 0 Å². The summed E-state index contributed by atoms with van der Waals surface area (Å²) in [7, 11) is 3.27. The number of amides is 1. The number of ether oxygens (including phenoxy) is 2. The van der Waals surface area contributed by atoms with Crippen LogP contribution in [-0.2, 0) is 4.79 Å². The van der Waals surface area contributed by atoms with E-state index >= 15 is 0 Å². The van der Waals surface area contributed by atoms with E-state index in [4.69, 9.17) is 9.47 Å². The van der Waals surface area contributed by atoms with Crippen molar-refractivity contribution in [1.29, 1.82) is 0 Å². The van der Waals surface area contributed by atoms with Gasteiger partial charge in [-0.2, -0.15) is 0 Å². The molecule has 2 heterocycles. The number of rotatable bonds is 3. The molecule has 1 aliphatic heterocycles. The van der Waals surface area contributed by atoms with E-state index in [-0.39, 0.29) is 11.2 Å². The molecule has 21 heavy (non-hydrogen) atoms. The number of fused-ring (bicyclic) bond motifs is 1. The molecule has 4 nitrogen and oxygen atoms in total. The van der Waals surface area contributed by atoms with Crippen molar-refractivity contribution in [2.75, 3.05) is 25.3 Å². The van der Waals surface area contributed by atoms with Gasteiger partial charge in [0.2, 0.25) is 5.91 Å². The quantitative estimate of drug-likeness (QED) is 0.939. The summed E-state index contributed by atoms with van der Waals surface area (Å²) in [5.41, 5.74) is 1.92. The summed E-state index contributed by atoms with van der Waals surface area (Å²) in [5.74, 6) is 1.89. The lowest BCUT2D eigenvalue weighted by Gasteiger charge is -2.19. The minimum Gasteiger partial charge on any atom is -0.493 e. The molecule has 0 spiro atoms. The Hall–Kier alpha value is -1.66. The number of para-hydroxylation sites is 1. The molecule has 6 heteroatoms. The summed E-state index contributed by atoms with van der Waals surface area (Å²) in [5, 5.41) is 5.00. The molecular formula is C15H15NO3S2. The van der Waals surface area contributed by atoms with Crippen LogP contribution in [0.4, 0.5) is 5.69 Å². The smallest absolute Gasteiger partial charge is 0.234 e. The highest BCUT2D eigenvalue weighted by atomic mass is 32.2. The third kappa shape index (κ3) is 2.61. The van der Waals surface area contributed by atoms with Gasteiger partial charge in [0.1, 0.15) is 0 Å². The molecule has 2 aromatic rings. The van der Waals surface area contributed by atoms with Crippen molar-refractivity contribution in [3.8, 4) is 11.5 Å². The minimum atomic E-state index is 0.0315. The third-order valence-corrected chi connectivity index (χ3v) is 5.69. The lowest BCUT2D eigenvalue weighted by molar-refractivity contribution is -0.113. The van der Waals surface area contributed by atoms with E-state index in [0.29, 0.717) is 11.5 Å². The molecule has 1 atom stereocenters. The van der Waals surface area contributed by atoms with Crippen LogP contribution in [0.25, 0.3) is 0 Å². The van der Waals surface area contributed by atoms with Gasteiger partial charge in [-0.05, 0) is 17.5 Å². The van der Waals surface area contributed by atoms with Gasteiger partial charge in [-0.3, -0.25) is 4.79 Å². The first-order chi connectivity index (χ1) is 10.2. The van der Waals surface area contributed by atoms with Crippen molar-refractivity contribution in [1.82, 2.24) is 0 Å². The van der Waals surface area contributed by atoms with Gasteiger partial charge in [0.25, 0.3) is 0 Å². The molecule has 1 aliphatic rings. The number of hydrogen-bond donors (Lipinski definition) is 1. The molecule has 0 aliphatic carbocycles. The summed E-state index contributed by atoms with van der Waals surface area (Å²) >= 11 is 3.25. The molecule has 0 bridgehead atoms. The lowest BCUT2D eigenvalue weighted by atomic mass is 10.1. The number of benzene rings is 1. The van der Waals surface area contributed by atoms with Crippen molar-refractivity contribution < 1.29 is 14.3 Å². The van der Waals surface area contributed by atoms with E-state index in [2.05, 4.69) is 5.32 Å². The van der Waals surface area contributed by atoms with Crippen LogP contribution in [0.3, 0.4) is 0 Å². The van der Waals surface area contributed by atoms with E-state index in [1.165, 1.54) is 0 Å². The number of hydrogen-bond acceptors (Lipinski definition) is 5. The normalized spacial score (nSPS) is 17.6. The zero-order valence-electron chi connectivity index (χ0n) is 11.7. The van der Waals surface area contributed by atoms with Gasteiger partial charge in [-0.25, -0.2) is 0 Å². The second-order valence-electron chi connectivity index (χ2n) is 4.52. The fourth-order valence-corrected chi connectivity index (χ4v) is 4.65. The maximum absolute atomic E-state index is 11.8. The number of thioether (sulfide) groups is 1. The van der Waals surface area contributed by atoms with E-state index in [1.807, 2.05) is 29.6 Å². The molecular weight excluding hydrogens is 306 g/mol. The highest BCUT2D eigenvalue weighted by Gasteiger charge is 2.28. The predicted octanol–water partition coefficient (Wildman–Crippen LogP) is 3.54. The second kappa shape index (κ2) is 5.99. The van der Waals surface area contributed by atoms with Crippen LogP contribution >= 0.6 is 23.1 Å². The Morgan fingerprint density at radius 3 is 2.86 bits per heavy atom. The maximum atomic E-state index is 11.8. The van der Waals surface area contributed by atoms with Crippen LogP contribution in [0.5, 0.6) is 11.5 Å². The van der Waals surface area contributed by atoms with Crippen LogP contribution in [0.2, 0.25) is 0 Å². The second-order valence-corrected chi connectivity index (χ2v) is 6.56. The first kappa shape index (κ1) is 14.3. The van der Waals surface area contributed by atoms with E-state index in [1.54, 1.807) is 37.3 Å². The van der Waals surface area contributed by atoms with Crippen LogP contribution in [-0.4, -0.2) is 25.9 Å². The van der Waals surface area contributed by atoms with Gasteiger partial charge in [0, 0.05) is 10.4 Å². The van der Waals surface area contributed by atoms with Crippen molar-refractivity contribution in [2.45, 2.75) is 5.25 Å². The monoisotopic (exact) mass is 321 g/mol. The summed E-state index contributed by atoms with van der Waals surface area (Å²) in [6, 6.07) is 7.80. The van der Waals surface area contributed by atoms with Gasteiger partial charge >= 0.3 is 0 Å². The first-order valence-corrected chi connectivity index (χ1v) is 8.37. The summed E-state index contributed by atoms with van der Waals surface area (Å²) in [6.07, 6.45) is 0. The number of thiophene rings is 1. The van der Waals surface area contributed by atoms with Crippen molar-refractivity contribution in [3.05, 3.63) is 40.1 Å². The molecule has 1 N–H and O–H groups in total. The average Bonchev–Trinajstić information content (AvgIpc) is 2.89.